The molecule has 0 bridgehead atoms. The zero-order chi connectivity index (χ0) is 22.2. The van der Waals surface area contributed by atoms with Gasteiger partial charge in [-0.3, -0.25) is 9.59 Å². The summed E-state index contributed by atoms with van der Waals surface area (Å²) in [7, 11) is 3.16. The molecule has 1 aromatic heterocycles. The summed E-state index contributed by atoms with van der Waals surface area (Å²) in [6.07, 6.45) is 0. The van der Waals surface area contributed by atoms with Gasteiger partial charge >= 0.3 is 0 Å². The Bertz CT molecular complexity index is 1060. The van der Waals surface area contributed by atoms with E-state index >= 15 is 0 Å². The predicted molar refractivity (Wildman–Crippen MR) is 124 cm³/mol. The van der Waals surface area contributed by atoms with Gasteiger partial charge in [0, 0.05) is 24.5 Å². The number of anilines is 3. The van der Waals surface area contributed by atoms with Crippen LogP contribution < -0.4 is 15.4 Å². The van der Waals surface area contributed by atoms with Gasteiger partial charge in [-0.25, -0.2) is 0 Å². The largest absolute Gasteiger partial charge is 0.497 e. The second-order valence-electron chi connectivity index (χ2n) is 6.69. The van der Waals surface area contributed by atoms with Crippen LogP contribution in [-0.2, 0) is 9.59 Å². The molecule has 3 aromatic rings. The van der Waals surface area contributed by atoms with E-state index in [-0.39, 0.29) is 24.1 Å². The van der Waals surface area contributed by atoms with E-state index in [0.717, 1.165) is 11.3 Å². The smallest absolute Gasteiger partial charge is 0.243 e. The maximum absolute atomic E-state index is 12.4. The molecular formula is C21H23N5O3S2. The van der Waals surface area contributed by atoms with Crippen molar-refractivity contribution in [1.82, 2.24) is 15.1 Å². The monoisotopic (exact) mass is 457 g/mol. The summed E-state index contributed by atoms with van der Waals surface area (Å²) in [5.41, 5.74) is 2.70. The summed E-state index contributed by atoms with van der Waals surface area (Å²) in [4.78, 5) is 26.0. The topological polar surface area (TPSA) is 96.5 Å². The molecule has 2 N–H and O–H groups in total. The SMILES string of the molecule is COc1cccc(NC(=O)CN(C)C(=O)CSc2nnc(Nc3cccc(C)c3)s2)c1. The highest BCUT2D eigenvalue weighted by Crippen LogP contribution is 2.28. The van der Waals surface area contributed by atoms with Gasteiger partial charge in [-0.2, -0.15) is 0 Å². The summed E-state index contributed by atoms with van der Waals surface area (Å²) in [5, 5.41) is 14.8. The average molecular weight is 458 g/mol. The summed E-state index contributed by atoms with van der Waals surface area (Å²) < 4.78 is 5.82. The quantitative estimate of drug-likeness (QED) is 0.472. The molecule has 0 aliphatic rings. The van der Waals surface area contributed by atoms with E-state index in [1.54, 1.807) is 38.4 Å². The molecule has 31 heavy (non-hydrogen) atoms. The normalized spacial score (nSPS) is 10.4. The minimum atomic E-state index is -0.283. The molecule has 0 fully saturated rings. The molecule has 1 heterocycles. The van der Waals surface area contributed by atoms with Crippen LogP contribution in [0.4, 0.5) is 16.5 Å². The van der Waals surface area contributed by atoms with E-state index in [2.05, 4.69) is 20.8 Å². The fourth-order valence-electron chi connectivity index (χ4n) is 2.60. The number of rotatable bonds is 9. The maximum atomic E-state index is 12.4. The van der Waals surface area contributed by atoms with E-state index in [4.69, 9.17) is 4.74 Å². The van der Waals surface area contributed by atoms with Crippen molar-refractivity contribution in [1.29, 1.82) is 0 Å². The molecule has 0 saturated carbocycles. The summed E-state index contributed by atoms with van der Waals surface area (Å²) in [6, 6.07) is 15.0. The van der Waals surface area contributed by atoms with Crippen LogP contribution in [0.5, 0.6) is 5.75 Å². The number of aryl methyl sites for hydroxylation is 1. The lowest BCUT2D eigenvalue weighted by Gasteiger charge is -2.16. The zero-order valence-electron chi connectivity index (χ0n) is 17.4. The molecule has 0 radical (unpaired) electrons. The van der Waals surface area contributed by atoms with Crippen LogP contribution >= 0.6 is 23.1 Å². The van der Waals surface area contributed by atoms with Crippen LogP contribution in [0, 0.1) is 6.92 Å². The molecule has 0 aliphatic heterocycles. The molecular weight excluding hydrogens is 434 g/mol. The number of hydrogen-bond donors (Lipinski definition) is 2. The van der Waals surface area contributed by atoms with Crippen molar-refractivity contribution >= 4 is 51.4 Å². The van der Waals surface area contributed by atoms with Gasteiger partial charge in [0.2, 0.25) is 16.9 Å². The minimum absolute atomic E-state index is 0.0487. The zero-order valence-corrected chi connectivity index (χ0v) is 19.0. The van der Waals surface area contributed by atoms with E-state index < -0.39 is 0 Å². The molecule has 3 rings (SSSR count). The summed E-state index contributed by atoms with van der Waals surface area (Å²) >= 11 is 2.67. The molecule has 0 spiro atoms. The number of amides is 2. The number of likely N-dealkylation sites (N-methyl/N-ethyl adjacent to an activating group) is 1. The summed E-state index contributed by atoms with van der Waals surface area (Å²) in [5.74, 6) is 0.359. The number of aromatic nitrogens is 2. The third kappa shape index (κ3) is 6.97. The van der Waals surface area contributed by atoms with Crippen molar-refractivity contribution in [2.45, 2.75) is 11.3 Å². The second-order valence-corrected chi connectivity index (χ2v) is 8.89. The summed E-state index contributed by atoms with van der Waals surface area (Å²) in [6.45, 7) is 1.97. The third-order valence-electron chi connectivity index (χ3n) is 4.15. The number of thioether (sulfide) groups is 1. The fourth-order valence-corrected chi connectivity index (χ4v) is 4.32. The number of ether oxygens (including phenoxy) is 1. The molecule has 8 nitrogen and oxygen atoms in total. The first-order chi connectivity index (χ1) is 14.9. The Morgan fingerprint density at radius 3 is 2.68 bits per heavy atom. The van der Waals surface area contributed by atoms with Gasteiger partial charge in [0.15, 0.2) is 4.34 Å². The van der Waals surface area contributed by atoms with Crippen molar-refractivity contribution in [2.75, 3.05) is 37.1 Å². The highest BCUT2D eigenvalue weighted by Gasteiger charge is 2.15. The van der Waals surface area contributed by atoms with Gasteiger partial charge < -0.3 is 20.3 Å². The van der Waals surface area contributed by atoms with Crippen molar-refractivity contribution in [3.05, 3.63) is 54.1 Å². The number of carbonyl (C=O) groups is 2. The Morgan fingerprint density at radius 1 is 1.13 bits per heavy atom. The molecule has 0 atom stereocenters. The number of nitrogens with zero attached hydrogens (tertiary/aromatic N) is 3. The average Bonchev–Trinajstić information content (AvgIpc) is 3.19. The third-order valence-corrected chi connectivity index (χ3v) is 6.11. The van der Waals surface area contributed by atoms with E-state index in [1.807, 2.05) is 31.2 Å². The molecule has 10 heteroatoms. The fraction of sp³-hybridized carbons (Fsp3) is 0.238. The van der Waals surface area contributed by atoms with Gasteiger partial charge in [0.1, 0.15) is 5.75 Å². The number of methoxy groups -OCH3 is 1. The van der Waals surface area contributed by atoms with Gasteiger partial charge in [0.25, 0.3) is 0 Å². The standard InChI is InChI=1S/C21H23N5O3S2/c1-14-6-4-7-15(10-14)23-20-24-25-21(31-20)30-13-19(28)26(2)12-18(27)22-16-8-5-9-17(11-16)29-3/h4-11H,12-13H2,1-3H3,(H,22,27)(H,23,24). The Morgan fingerprint density at radius 2 is 1.90 bits per heavy atom. The first-order valence-electron chi connectivity index (χ1n) is 9.41. The van der Waals surface area contributed by atoms with Crippen LogP contribution in [0.1, 0.15) is 5.56 Å². The Hall–Kier alpha value is -3.11. The van der Waals surface area contributed by atoms with E-state index in [0.29, 0.717) is 20.9 Å². The van der Waals surface area contributed by atoms with Gasteiger partial charge in [-0.05, 0) is 36.8 Å². The van der Waals surface area contributed by atoms with Crippen molar-refractivity contribution in [3.63, 3.8) is 0 Å². The Balaban J connectivity index is 1.45. The first-order valence-corrected chi connectivity index (χ1v) is 11.2. The molecule has 2 amide bonds. The highest BCUT2D eigenvalue weighted by molar-refractivity contribution is 8.01. The second kappa shape index (κ2) is 10.8. The lowest BCUT2D eigenvalue weighted by Crippen LogP contribution is -2.35. The van der Waals surface area contributed by atoms with Crippen LogP contribution in [0.2, 0.25) is 0 Å². The molecule has 0 aliphatic carbocycles. The number of carbonyl (C=O) groups excluding carboxylic acids is 2. The van der Waals surface area contributed by atoms with E-state index in [9.17, 15) is 9.59 Å². The lowest BCUT2D eigenvalue weighted by atomic mass is 10.2. The van der Waals surface area contributed by atoms with Crippen LogP contribution in [-0.4, -0.2) is 53.4 Å². The Labute approximate surface area is 189 Å². The molecule has 0 unspecified atom stereocenters. The van der Waals surface area contributed by atoms with Gasteiger partial charge in [-0.15, -0.1) is 10.2 Å². The van der Waals surface area contributed by atoms with Gasteiger partial charge in [-0.1, -0.05) is 41.3 Å². The molecule has 2 aromatic carbocycles. The first kappa shape index (κ1) is 22.6. The number of benzene rings is 2. The van der Waals surface area contributed by atoms with E-state index in [1.165, 1.54) is 28.0 Å². The number of hydrogen-bond acceptors (Lipinski definition) is 8. The highest BCUT2D eigenvalue weighted by atomic mass is 32.2. The van der Waals surface area contributed by atoms with Gasteiger partial charge in [0.05, 0.1) is 19.4 Å². The Kier molecular flexibility index (Phi) is 7.85. The van der Waals surface area contributed by atoms with Crippen LogP contribution in [0.3, 0.4) is 0 Å². The maximum Gasteiger partial charge on any atom is 0.243 e. The van der Waals surface area contributed by atoms with Crippen molar-refractivity contribution in [2.24, 2.45) is 0 Å². The van der Waals surface area contributed by atoms with Crippen molar-refractivity contribution < 1.29 is 14.3 Å². The van der Waals surface area contributed by atoms with Crippen molar-refractivity contribution in [3.8, 4) is 5.75 Å². The predicted octanol–water partition coefficient (Wildman–Crippen LogP) is 3.79. The number of nitrogens with one attached hydrogen (secondary N) is 2. The minimum Gasteiger partial charge on any atom is -0.497 e. The molecule has 0 saturated heterocycles. The lowest BCUT2D eigenvalue weighted by molar-refractivity contribution is -0.131. The molecule has 162 valence electrons. The van der Waals surface area contributed by atoms with Crippen LogP contribution in [0.25, 0.3) is 0 Å². The van der Waals surface area contributed by atoms with Crippen LogP contribution in [0.15, 0.2) is 52.9 Å².